The van der Waals surface area contributed by atoms with E-state index in [0.29, 0.717) is 5.89 Å². The topological polar surface area (TPSA) is 51.8 Å². The maximum absolute atomic E-state index is 5.35. The summed E-state index contributed by atoms with van der Waals surface area (Å²) in [7, 11) is 0. The van der Waals surface area contributed by atoms with E-state index in [2.05, 4.69) is 14.3 Å². The molecule has 2 aromatic rings. The molecule has 0 aliphatic carbocycles. The Kier molecular flexibility index (Phi) is 2.58. The van der Waals surface area contributed by atoms with E-state index in [1.165, 1.54) is 11.5 Å². The van der Waals surface area contributed by atoms with Crippen molar-refractivity contribution in [2.45, 2.75) is 26.7 Å². The Balaban J connectivity index is 1.94. The Morgan fingerprint density at radius 1 is 1.36 bits per heavy atom. The van der Waals surface area contributed by atoms with Gasteiger partial charge in [0, 0.05) is 19.8 Å². The third-order valence-corrected chi connectivity index (χ3v) is 2.49. The first kappa shape index (κ1) is 9.33. The van der Waals surface area contributed by atoms with Crippen molar-refractivity contribution in [1.82, 2.24) is 14.3 Å². The molecule has 0 aliphatic rings. The molecule has 0 saturated carbocycles. The minimum Gasteiger partial charge on any atom is -0.446 e. The molecule has 4 nitrogen and oxygen atoms in total. The highest BCUT2D eigenvalue weighted by Crippen LogP contribution is 2.08. The first-order chi connectivity index (χ1) is 6.74. The van der Waals surface area contributed by atoms with Gasteiger partial charge in [0.1, 0.15) is 16.6 Å². The van der Waals surface area contributed by atoms with E-state index in [4.69, 9.17) is 4.42 Å². The highest BCUT2D eigenvalue weighted by molar-refractivity contribution is 7.05. The van der Waals surface area contributed by atoms with Crippen LogP contribution in [0.4, 0.5) is 0 Å². The molecule has 0 spiro atoms. The van der Waals surface area contributed by atoms with Crippen molar-refractivity contribution in [3.63, 3.8) is 0 Å². The molecule has 2 heterocycles. The molecule has 5 heteroatoms. The fourth-order valence-corrected chi connectivity index (χ4v) is 1.71. The van der Waals surface area contributed by atoms with Gasteiger partial charge in [-0.3, -0.25) is 0 Å². The maximum atomic E-state index is 5.35. The molecule has 74 valence electrons. The Morgan fingerprint density at radius 3 is 2.79 bits per heavy atom. The van der Waals surface area contributed by atoms with Crippen LogP contribution in [0.25, 0.3) is 0 Å². The van der Waals surface area contributed by atoms with Crippen LogP contribution in [-0.2, 0) is 12.8 Å². The maximum Gasteiger partial charge on any atom is 0.191 e. The molecule has 0 bridgehead atoms. The number of hydrogen-bond acceptors (Lipinski definition) is 5. The van der Waals surface area contributed by atoms with Crippen molar-refractivity contribution in [2.75, 3.05) is 0 Å². The molecule has 0 aromatic carbocycles. The zero-order chi connectivity index (χ0) is 9.97. The number of hydrogen-bond donors (Lipinski definition) is 0. The van der Waals surface area contributed by atoms with Gasteiger partial charge in [-0.05, 0) is 18.5 Å². The Bertz CT molecular complexity index is 381. The van der Waals surface area contributed by atoms with Crippen LogP contribution in [0.3, 0.4) is 0 Å². The van der Waals surface area contributed by atoms with Gasteiger partial charge in [-0.25, -0.2) is 9.97 Å². The molecule has 14 heavy (non-hydrogen) atoms. The Hall–Kier alpha value is -1.23. The molecular formula is C9H11N3OS. The van der Waals surface area contributed by atoms with Crippen LogP contribution in [-0.4, -0.2) is 14.3 Å². The lowest BCUT2D eigenvalue weighted by molar-refractivity contribution is 0.473. The van der Waals surface area contributed by atoms with Crippen LogP contribution < -0.4 is 0 Å². The van der Waals surface area contributed by atoms with Gasteiger partial charge >= 0.3 is 0 Å². The summed E-state index contributed by atoms with van der Waals surface area (Å²) in [5.41, 5.74) is 0. The molecule has 0 aliphatic heterocycles. The first-order valence-corrected chi connectivity index (χ1v) is 5.22. The normalized spacial score (nSPS) is 10.7. The fraction of sp³-hybridized carbons (Fsp3) is 0.444. The third kappa shape index (κ3) is 2.17. The highest BCUT2D eigenvalue weighted by atomic mass is 32.1. The van der Waals surface area contributed by atoms with E-state index < -0.39 is 0 Å². The van der Waals surface area contributed by atoms with E-state index in [9.17, 15) is 0 Å². The van der Waals surface area contributed by atoms with Gasteiger partial charge in [-0.15, -0.1) is 0 Å². The van der Waals surface area contributed by atoms with Gasteiger partial charge in [0.15, 0.2) is 5.89 Å². The third-order valence-electron chi connectivity index (χ3n) is 1.83. The first-order valence-electron chi connectivity index (χ1n) is 4.44. The van der Waals surface area contributed by atoms with Crippen molar-refractivity contribution in [2.24, 2.45) is 0 Å². The van der Waals surface area contributed by atoms with Gasteiger partial charge < -0.3 is 4.42 Å². The lowest BCUT2D eigenvalue weighted by Gasteiger charge is -1.91. The molecule has 2 aromatic heterocycles. The molecular weight excluding hydrogens is 198 g/mol. The van der Waals surface area contributed by atoms with Crippen molar-refractivity contribution in [1.29, 1.82) is 0 Å². The molecule has 0 amide bonds. The second-order valence-corrected chi connectivity index (χ2v) is 4.03. The average Bonchev–Trinajstić information content (AvgIpc) is 2.72. The summed E-state index contributed by atoms with van der Waals surface area (Å²) in [6.45, 7) is 3.80. The lowest BCUT2D eigenvalue weighted by Crippen LogP contribution is -1.91. The van der Waals surface area contributed by atoms with Crippen LogP contribution in [0.5, 0.6) is 0 Å². The summed E-state index contributed by atoms with van der Waals surface area (Å²) in [6, 6.07) is 0. The van der Waals surface area contributed by atoms with Crippen molar-refractivity contribution in [3.05, 3.63) is 28.7 Å². The second-order valence-electron chi connectivity index (χ2n) is 3.08. The summed E-state index contributed by atoms with van der Waals surface area (Å²) in [5.74, 6) is 2.50. The average molecular weight is 209 g/mol. The van der Waals surface area contributed by atoms with Crippen LogP contribution in [0.1, 0.15) is 22.5 Å². The van der Waals surface area contributed by atoms with Gasteiger partial charge in [-0.1, -0.05) is 0 Å². The molecule has 0 fully saturated rings. The Morgan fingerprint density at radius 2 is 2.21 bits per heavy atom. The molecule has 0 saturated heterocycles. The predicted octanol–water partition coefficient (Wildman–Crippen LogP) is 1.93. The van der Waals surface area contributed by atoms with Crippen LogP contribution >= 0.6 is 11.5 Å². The van der Waals surface area contributed by atoms with E-state index in [1.54, 1.807) is 6.20 Å². The summed E-state index contributed by atoms with van der Waals surface area (Å²) < 4.78 is 9.55. The summed E-state index contributed by atoms with van der Waals surface area (Å²) in [5, 5.41) is 1.01. The second kappa shape index (κ2) is 3.88. The van der Waals surface area contributed by atoms with Crippen molar-refractivity contribution < 1.29 is 4.42 Å². The lowest BCUT2D eigenvalue weighted by atomic mass is 10.2. The van der Waals surface area contributed by atoms with Gasteiger partial charge in [0.25, 0.3) is 0 Å². The SMILES string of the molecule is Cc1ncc(CCc2nsc(C)n2)o1. The number of aromatic nitrogens is 3. The van der Waals surface area contributed by atoms with E-state index in [1.807, 2.05) is 13.8 Å². The number of aryl methyl sites for hydroxylation is 4. The number of rotatable bonds is 3. The fourth-order valence-electron chi connectivity index (χ4n) is 1.20. The van der Waals surface area contributed by atoms with Crippen LogP contribution in [0.15, 0.2) is 10.6 Å². The van der Waals surface area contributed by atoms with Crippen LogP contribution in [0.2, 0.25) is 0 Å². The van der Waals surface area contributed by atoms with Gasteiger partial charge in [0.2, 0.25) is 0 Å². The smallest absolute Gasteiger partial charge is 0.191 e. The van der Waals surface area contributed by atoms with Gasteiger partial charge in [-0.2, -0.15) is 4.37 Å². The summed E-state index contributed by atoms with van der Waals surface area (Å²) in [4.78, 5) is 8.31. The van der Waals surface area contributed by atoms with Crippen LogP contribution in [0, 0.1) is 13.8 Å². The molecule has 0 radical (unpaired) electrons. The zero-order valence-electron chi connectivity index (χ0n) is 8.15. The number of nitrogens with zero attached hydrogens (tertiary/aromatic N) is 3. The number of oxazole rings is 1. The van der Waals surface area contributed by atoms with Crippen molar-refractivity contribution in [3.8, 4) is 0 Å². The minimum absolute atomic E-state index is 0.711. The molecule has 0 unspecified atom stereocenters. The van der Waals surface area contributed by atoms with E-state index >= 15 is 0 Å². The minimum atomic E-state index is 0.711. The largest absolute Gasteiger partial charge is 0.446 e. The monoisotopic (exact) mass is 209 g/mol. The molecule has 0 atom stereocenters. The van der Waals surface area contributed by atoms with Crippen molar-refractivity contribution >= 4 is 11.5 Å². The van der Waals surface area contributed by atoms with E-state index in [0.717, 1.165) is 29.4 Å². The molecule has 2 rings (SSSR count). The summed E-state index contributed by atoms with van der Waals surface area (Å²) in [6.07, 6.45) is 3.39. The zero-order valence-corrected chi connectivity index (χ0v) is 8.97. The van der Waals surface area contributed by atoms with Gasteiger partial charge in [0.05, 0.1) is 6.20 Å². The quantitative estimate of drug-likeness (QED) is 0.775. The Labute approximate surface area is 86.2 Å². The molecule has 0 N–H and O–H groups in total. The predicted molar refractivity (Wildman–Crippen MR) is 53.3 cm³/mol. The standard InChI is InChI=1S/C9H11N3OS/c1-6-10-5-8(13-6)3-4-9-11-7(2)14-12-9/h5H,3-4H2,1-2H3. The van der Waals surface area contributed by atoms with E-state index in [-0.39, 0.29) is 0 Å². The summed E-state index contributed by atoms with van der Waals surface area (Å²) >= 11 is 1.44. The highest BCUT2D eigenvalue weighted by Gasteiger charge is 2.04.